The van der Waals surface area contributed by atoms with Crippen molar-refractivity contribution in [3.8, 4) is 0 Å². The predicted octanol–water partition coefficient (Wildman–Crippen LogP) is 1.68. The van der Waals surface area contributed by atoms with Crippen LogP contribution in [0.3, 0.4) is 0 Å². The summed E-state index contributed by atoms with van der Waals surface area (Å²) in [6, 6.07) is -7.84. The number of amides is 13. The van der Waals surface area contributed by atoms with Gasteiger partial charge in [0.2, 0.25) is 70.9 Å². The highest BCUT2D eigenvalue weighted by Gasteiger charge is 2.44. The number of nitrogens with one attached hydrogen (secondary N) is 12. The van der Waals surface area contributed by atoms with Gasteiger partial charge >= 0.3 is 11.9 Å². The Hall–Kier alpha value is -9.07. The fourth-order valence-corrected chi connectivity index (χ4v) is 12.6. The lowest BCUT2D eigenvalue weighted by molar-refractivity contribution is -0.157. The first-order valence-electron chi connectivity index (χ1n) is 38.5. The number of aliphatic hydroxyl groups excluding tert-OH is 1. The maximum absolute atomic E-state index is 15.0. The smallest absolute Gasteiger partial charge is 0.329 e. The Labute approximate surface area is 641 Å². The first kappa shape index (κ1) is 94.1. The van der Waals surface area contributed by atoms with Gasteiger partial charge < -0.3 is 89.4 Å². The van der Waals surface area contributed by atoms with Crippen molar-refractivity contribution in [1.82, 2.24) is 68.7 Å². The Morgan fingerprint density at radius 3 is 1.64 bits per heavy atom. The zero-order valence-corrected chi connectivity index (χ0v) is 67.0. The Kier molecular flexibility index (Phi) is 39.6. The number of carboxylic acids is 1. The second kappa shape index (κ2) is 45.8. The van der Waals surface area contributed by atoms with Crippen LogP contribution in [0, 0.1) is 47.3 Å². The zero-order chi connectivity index (χ0) is 82.4. The molecule has 2 aliphatic rings. The molecule has 0 spiro atoms. The Bertz CT molecular complexity index is 3310. The normalized spacial score (nSPS) is 21.9. The minimum atomic E-state index is -1.84. The molecule has 0 aromatic heterocycles. The molecule has 0 aliphatic carbocycles. The second-order valence-electron chi connectivity index (χ2n) is 31.2. The Balaban J connectivity index is 1.97. The summed E-state index contributed by atoms with van der Waals surface area (Å²) in [6.07, 6.45) is 0.160. The number of carboxylic acid groups (broad SMARTS) is 1. The fourth-order valence-electron chi connectivity index (χ4n) is 12.6. The SMILES string of the molecule is C/C=C1\NC(=O)[C@H](Cc2ccccc2)NC(=O)C(C(C)C)NC(=O)C(C(C)C)NC(=O)[C@H](NC(=O)[C@H](NC(=O)[C@H](CCCN)NC(=O)[C@H]2CCCN2C(=O)C(NC(=O)C(NC(=O)C(NC(=O)[C@@H](CCC(=O)O)NC(=O)CCCC(O)CC(C)C)C(C)C)C(C)C)C(C)C)C(C)CC)C(C)OC(=O)C(C(C)C)NC1=O. The number of aliphatic carboxylic acids is 1. The second-order valence-corrected chi connectivity index (χ2v) is 31.2. The average molecular weight is 1540 g/mol. The van der Waals surface area contributed by atoms with E-state index in [2.05, 4.69) is 63.8 Å². The molecule has 32 heteroatoms. The lowest BCUT2D eigenvalue weighted by atomic mass is 9.96. The van der Waals surface area contributed by atoms with Gasteiger partial charge in [0.05, 0.1) is 6.10 Å². The van der Waals surface area contributed by atoms with Crippen molar-refractivity contribution in [1.29, 1.82) is 0 Å². The van der Waals surface area contributed by atoms with Gasteiger partial charge in [0.25, 0.3) is 5.91 Å². The van der Waals surface area contributed by atoms with Gasteiger partial charge in [-0.25, -0.2) is 4.79 Å². The van der Waals surface area contributed by atoms with Crippen LogP contribution in [-0.2, 0) is 83.1 Å². The molecule has 0 bridgehead atoms. The fraction of sp³-hybridized carbons (Fsp3) is 0.701. The van der Waals surface area contributed by atoms with Crippen molar-refractivity contribution in [3.05, 3.63) is 47.7 Å². The van der Waals surface area contributed by atoms with Gasteiger partial charge in [0, 0.05) is 25.8 Å². The number of carbonyl (C=O) groups is 15. The molecule has 32 nitrogen and oxygen atoms in total. The molecule has 16 N–H and O–H groups in total. The summed E-state index contributed by atoms with van der Waals surface area (Å²) < 4.78 is 5.94. The largest absolute Gasteiger partial charge is 0.481 e. The molecule has 1 aromatic rings. The number of carbonyl (C=O) groups excluding carboxylic acids is 14. The van der Waals surface area contributed by atoms with E-state index in [1.54, 1.807) is 127 Å². The summed E-state index contributed by atoms with van der Waals surface area (Å²) in [4.78, 5) is 214. The predicted molar refractivity (Wildman–Crippen MR) is 407 cm³/mol. The molecule has 9 unspecified atom stereocenters. The van der Waals surface area contributed by atoms with Crippen LogP contribution in [0.4, 0.5) is 0 Å². The highest BCUT2D eigenvalue weighted by molar-refractivity contribution is 6.03. The molecule has 13 amide bonds. The first-order chi connectivity index (χ1) is 51.1. The molecule has 0 radical (unpaired) electrons. The van der Waals surface area contributed by atoms with Crippen molar-refractivity contribution >= 4 is 88.7 Å². The summed E-state index contributed by atoms with van der Waals surface area (Å²) in [5, 5.41) is 52.0. The molecule has 3 rings (SSSR count). The van der Waals surface area contributed by atoms with Crippen LogP contribution in [0.2, 0.25) is 0 Å². The number of nitrogens with two attached hydrogens (primary N) is 1. The van der Waals surface area contributed by atoms with E-state index in [4.69, 9.17) is 10.5 Å². The van der Waals surface area contributed by atoms with Crippen molar-refractivity contribution in [2.75, 3.05) is 13.1 Å². The number of likely N-dealkylation sites (tertiary alicyclic amines) is 1. The number of nitrogens with zero attached hydrogens (tertiary/aromatic N) is 1. The Morgan fingerprint density at radius 1 is 0.606 bits per heavy atom. The highest BCUT2D eigenvalue weighted by atomic mass is 16.5. The molecule has 612 valence electrons. The minimum absolute atomic E-state index is 0.0421. The van der Waals surface area contributed by atoms with E-state index in [1.165, 1.54) is 24.8 Å². The molecule has 1 aromatic carbocycles. The molecule has 15 atom stereocenters. The van der Waals surface area contributed by atoms with Crippen molar-refractivity contribution in [2.24, 2.45) is 53.1 Å². The van der Waals surface area contributed by atoms with Gasteiger partial charge in [-0.05, 0) is 125 Å². The van der Waals surface area contributed by atoms with E-state index < -0.39 is 221 Å². The molecule has 109 heavy (non-hydrogen) atoms. The molecule has 2 heterocycles. The maximum atomic E-state index is 15.0. The molecular weight excluding hydrogens is 1410 g/mol. The van der Waals surface area contributed by atoms with Crippen LogP contribution < -0.4 is 69.5 Å². The number of benzene rings is 1. The van der Waals surface area contributed by atoms with Gasteiger partial charge in [-0.3, -0.25) is 67.1 Å². The number of aliphatic hydroxyl groups is 1. The zero-order valence-electron chi connectivity index (χ0n) is 67.0. The third kappa shape index (κ3) is 30.0. The number of cyclic esters (lactones) is 1. The molecule has 2 saturated heterocycles. The Morgan fingerprint density at radius 2 is 1.13 bits per heavy atom. The van der Waals surface area contributed by atoms with E-state index >= 15 is 4.79 Å². The minimum Gasteiger partial charge on any atom is -0.481 e. The monoisotopic (exact) mass is 1530 g/mol. The number of hydrogen-bond acceptors (Lipinski definition) is 18. The van der Waals surface area contributed by atoms with E-state index in [0.717, 1.165) is 0 Å². The number of esters is 1. The van der Waals surface area contributed by atoms with E-state index in [1.807, 2.05) is 13.8 Å². The van der Waals surface area contributed by atoms with Crippen LogP contribution in [0.15, 0.2) is 42.1 Å². The maximum Gasteiger partial charge on any atom is 0.329 e. The first-order valence-corrected chi connectivity index (χ1v) is 38.5. The summed E-state index contributed by atoms with van der Waals surface area (Å²) >= 11 is 0. The third-order valence-corrected chi connectivity index (χ3v) is 19.4. The van der Waals surface area contributed by atoms with Crippen LogP contribution in [0.25, 0.3) is 0 Å². The molecule has 0 saturated carbocycles. The molecule has 2 fully saturated rings. The van der Waals surface area contributed by atoms with Crippen LogP contribution >= 0.6 is 0 Å². The van der Waals surface area contributed by atoms with Crippen molar-refractivity contribution in [3.63, 3.8) is 0 Å². The van der Waals surface area contributed by atoms with Gasteiger partial charge in [-0.15, -0.1) is 0 Å². The van der Waals surface area contributed by atoms with Gasteiger partial charge in [-0.2, -0.15) is 0 Å². The van der Waals surface area contributed by atoms with E-state index in [0.29, 0.717) is 31.2 Å². The van der Waals surface area contributed by atoms with Crippen LogP contribution in [0.5, 0.6) is 0 Å². The number of allylic oxidation sites excluding steroid dienone is 1. The lowest BCUT2D eigenvalue weighted by Crippen LogP contribution is -2.64. The number of ether oxygens (including phenoxy) is 1. The average Bonchev–Trinajstić information content (AvgIpc) is 1.79. The highest BCUT2D eigenvalue weighted by Crippen LogP contribution is 2.23. The number of hydrogen-bond donors (Lipinski definition) is 15. The molecular formula is C77H126N14O18. The summed E-state index contributed by atoms with van der Waals surface area (Å²) in [6.45, 7) is 29.8. The quantitative estimate of drug-likeness (QED) is 0.0336. The summed E-state index contributed by atoms with van der Waals surface area (Å²) in [5.41, 5.74) is 6.32. The number of rotatable bonds is 36. The van der Waals surface area contributed by atoms with Gasteiger partial charge in [0.1, 0.15) is 84.3 Å². The standard InChI is InChI=1S/C77H126N14O18/c1-19-46(17)63(74(105)90-64-47(18)109-77(108)62(45(15)16)88-65(96)50(20-2)80-68(99)53(38-48-27-22-21-23-28-48)82-70(101)57(40(5)6)84-72(103)59(42(9)10)86-75(64)106)89-66(97)51(30-25-35-78)81-69(100)54-31-26-36-91(54)76(107)61(44(13)14)87-73(104)60(43(11)12)85-71(102)58(41(7)8)83-67(98)52(33-34-56(94)95)79-55(93)32-24-29-49(92)37-39(3)4/h20-23,27-28,39-47,49,51-54,57-64,92H,19,24-26,29-38,78H2,1-18H3,(H,79,93)(H,80,99)(H,81,100)(H,82,101)(H,83,98)(H,84,103)(H,85,102)(H,86,106)(H,87,104)(H,88,96)(H,89,97)(H,90,105)(H,94,95)/b50-20-/t46?,47?,49?,51-,52+,53-,54+,57?,58?,59?,60?,61?,62?,63+,64+/m0/s1. The molecule has 2 aliphatic heterocycles. The van der Waals surface area contributed by atoms with Crippen LogP contribution in [0.1, 0.15) is 201 Å². The van der Waals surface area contributed by atoms with Crippen molar-refractivity contribution < 1.29 is 86.9 Å². The van der Waals surface area contributed by atoms with E-state index in [-0.39, 0.29) is 69.7 Å². The van der Waals surface area contributed by atoms with Gasteiger partial charge in [-0.1, -0.05) is 154 Å². The third-order valence-electron chi connectivity index (χ3n) is 19.4. The summed E-state index contributed by atoms with van der Waals surface area (Å²) in [5.74, 6) is -17.1. The lowest BCUT2D eigenvalue weighted by Gasteiger charge is -2.33. The topological polar surface area (TPSA) is 479 Å². The van der Waals surface area contributed by atoms with E-state index in [9.17, 15) is 77.3 Å². The van der Waals surface area contributed by atoms with Crippen LogP contribution in [-0.4, -0.2) is 202 Å². The summed E-state index contributed by atoms with van der Waals surface area (Å²) in [7, 11) is 0. The van der Waals surface area contributed by atoms with Crippen molar-refractivity contribution in [2.45, 2.75) is 286 Å². The van der Waals surface area contributed by atoms with Gasteiger partial charge in [0.15, 0.2) is 0 Å².